The Morgan fingerprint density at radius 2 is 2.18 bits per heavy atom. The molecule has 4 nitrogen and oxygen atoms in total. The standard InChI is InChI=1S/C13H26N2O2/c1-6-17-13(4,5)9-15-11(7-10(2)3)14-8-12(15)16/h10-11,14H,6-9H2,1-5H3. The third-order valence-corrected chi connectivity index (χ3v) is 2.97. The topological polar surface area (TPSA) is 41.6 Å². The molecule has 100 valence electrons. The molecule has 1 aliphatic heterocycles. The lowest BCUT2D eigenvalue weighted by molar-refractivity contribution is -0.132. The molecule has 17 heavy (non-hydrogen) atoms. The second kappa shape index (κ2) is 5.83. The molecule has 1 aliphatic rings. The zero-order valence-electron chi connectivity index (χ0n) is 11.7. The van der Waals surface area contributed by atoms with Crippen LogP contribution in [0, 0.1) is 5.92 Å². The summed E-state index contributed by atoms with van der Waals surface area (Å²) in [5.74, 6) is 0.763. The quantitative estimate of drug-likeness (QED) is 0.769. The molecule has 1 fully saturated rings. The molecule has 1 amide bonds. The number of hydrogen-bond donors (Lipinski definition) is 1. The third-order valence-electron chi connectivity index (χ3n) is 2.97. The molecule has 0 aromatic heterocycles. The fraction of sp³-hybridized carbons (Fsp3) is 0.923. The zero-order valence-corrected chi connectivity index (χ0v) is 11.7. The Morgan fingerprint density at radius 3 is 2.71 bits per heavy atom. The predicted molar refractivity (Wildman–Crippen MR) is 68.7 cm³/mol. The number of nitrogens with one attached hydrogen (secondary N) is 1. The van der Waals surface area contributed by atoms with Crippen LogP contribution in [-0.2, 0) is 9.53 Å². The summed E-state index contributed by atoms with van der Waals surface area (Å²) in [7, 11) is 0. The van der Waals surface area contributed by atoms with Crippen LogP contribution in [0.1, 0.15) is 41.0 Å². The number of rotatable bonds is 6. The Morgan fingerprint density at radius 1 is 1.53 bits per heavy atom. The molecule has 1 N–H and O–H groups in total. The third kappa shape index (κ3) is 4.28. The molecule has 1 heterocycles. The van der Waals surface area contributed by atoms with Crippen LogP contribution in [0.4, 0.5) is 0 Å². The SMILES string of the molecule is CCOC(C)(C)CN1C(=O)CNC1CC(C)C. The van der Waals surface area contributed by atoms with Crippen molar-refractivity contribution in [1.29, 1.82) is 0 Å². The number of amides is 1. The summed E-state index contributed by atoms with van der Waals surface area (Å²) in [6.07, 6.45) is 1.16. The lowest BCUT2D eigenvalue weighted by Crippen LogP contribution is -2.47. The molecular weight excluding hydrogens is 216 g/mol. The minimum absolute atomic E-state index is 0.169. The first-order chi connectivity index (χ1) is 7.85. The molecule has 0 aliphatic carbocycles. The van der Waals surface area contributed by atoms with E-state index >= 15 is 0 Å². The van der Waals surface area contributed by atoms with Gasteiger partial charge in [-0.2, -0.15) is 0 Å². The fourth-order valence-corrected chi connectivity index (χ4v) is 2.29. The molecule has 0 aromatic carbocycles. The van der Waals surface area contributed by atoms with Gasteiger partial charge in [0, 0.05) is 6.61 Å². The minimum atomic E-state index is -0.272. The molecule has 0 aromatic rings. The van der Waals surface area contributed by atoms with Crippen molar-refractivity contribution in [2.75, 3.05) is 19.7 Å². The van der Waals surface area contributed by atoms with Gasteiger partial charge in [0.05, 0.1) is 24.9 Å². The van der Waals surface area contributed by atoms with E-state index in [0.717, 1.165) is 6.42 Å². The number of ether oxygens (including phenoxy) is 1. The maximum Gasteiger partial charge on any atom is 0.237 e. The summed E-state index contributed by atoms with van der Waals surface area (Å²) in [4.78, 5) is 13.8. The van der Waals surface area contributed by atoms with Gasteiger partial charge in [-0.05, 0) is 33.1 Å². The monoisotopic (exact) mass is 242 g/mol. The Labute approximate surface area is 105 Å². The van der Waals surface area contributed by atoms with E-state index in [-0.39, 0.29) is 17.7 Å². The van der Waals surface area contributed by atoms with E-state index in [0.29, 0.717) is 25.6 Å². The second-order valence-corrected chi connectivity index (χ2v) is 5.74. The molecule has 1 unspecified atom stereocenters. The Hall–Kier alpha value is -0.610. The van der Waals surface area contributed by atoms with Crippen molar-refractivity contribution in [3.05, 3.63) is 0 Å². The first kappa shape index (κ1) is 14.5. The largest absolute Gasteiger partial charge is 0.374 e. The highest BCUT2D eigenvalue weighted by molar-refractivity contribution is 5.80. The number of carbonyl (C=O) groups is 1. The van der Waals surface area contributed by atoms with Crippen LogP contribution < -0.4 is 5.32 Å². The highest BCUT2D eigenvalue weighted by Gasteiger charge is 2.34. The van der Waals surface area contributed by atoms with E-state index in [2.05, 4.69) is 19.2 Å². The molecule has 0 saturated carbocycles. The summed E-state index contributed by atoms with van der Waals surface area (Å²) in [6, 6.07) is 0. The van der Waals surface area contributed by atoms with Crippen LogP contribution >= 0.6 is 0 Å². The number of hydrogen-bond acceptors (Lipinski definition) is 3. The van der Waals surface area contributed by atoms with E-state index in [1.165, 1.54) is 0 Å². The van der Waals surface area contributed by atoms with Gasteiger partial charge in [0.15, 0.2) is 0 Å². The molecule has 1 rings (SSSR count). The molecular formula is C13H26N2O2. The lowest BCUT2D eigenvalue weighted by atomic mass is 10.1. The van der Waals surface area contributed by atoms with E-state index in [1.807, 2.05) is 25.7 Å². The normalized spacial score (nSPS) is 21.6. The Balaban J connectivity index is 2.62. The fourth-order valence-electron chi connectivity index (χ4n) is 2.29. The molecule has 0 radical (unpaired) electrons. The van der Waals surface area contributed by atoms with Crippen LogP contribution in [0.2, 0.25) is 0 Å². The smallest absolute Gasteiger partial charge is 0.237 e. The van der Waals surface area contributed by atoms with E-state index in [9.17, 15) is 4.79 Å². The van der Waals surface area contributed by atoms with E-state index in [4.69, 9.17) is 4.74 Å². The Bertz CT molecular complexity index is 264. The van der Waals surface area contributed by atoms with Crippen molar-refractivity contribution in [3.63, 3.8) is 0 Å². The second-order valence-electron chi connectivity index (χ2n) is 5.74. The van der Waals surface area contributed by atoms with Crippen molar-refractivity contribution in [2.24, 2.45) is 5.92 Å². The van der Waals surface area contributed by atoms with Crippen molar-refractivity contribution in [3.8, 4) is 0 Å². The van der Waals surface area contributed by atoms with Gasteiger partial charge < -0.3 is 9.64 Å². The van der Waals surface area contributed by atoms with Gasteiger partial charge in [-0.1, -0.05) is 13.8 Å². The maximum atomic E-state index is 11.9. The van der Waals surface area contributed by atoms with E-state index in [1.54, 1.807) is 0 Å². The minimum Gasteiger partial charge on any atom is -0.374 e. The molecule has 0 bridgehead atoms. The summed E-state index contributed by atoms with van der Waals surface area (Å²) in [5, 5.41) is 3.27. The summed E-state index contributed by atoms with van der Waals surface area (Å²) in [5.41, 5.74) is -0.272. The first-order valence-electron chi connectivity index (χ1n) is 6.52. The van der Waals surface area contributed by atoms with Crippen molar-refractivity contribution < 1.29 is 9.53 Å². The van der Waals surface area contributed by atoms with E-state index < -0.39 is 0 Å². The summed E-state index contributed by atoms with van der Waals surface area (Å²) < 4.78 is 5.67. The number of nitrogens with zero attached hydrogens (tertiary/aromatic N) is 1. The lowest BCUT2D eigenvalue weighted by Gasteiger charge is -2.34. The highest BCUT2D eigenvalue weighted by Crippen LogP contribution is 2.19. The summed E-state index contributed by atoms with van der Waals surface area (Å²) >= 11 is 0. The zero-order chi connectivity index (χ0) is 13.1. The van der Waals surface area contributed by atoms with Crippen LogP contribution in [0.5, 0.6) is 0 Å². The molecule has 1 saturated heterocycles. The van der Waals surface area contributed by atoms with Crippen molar-refractivity contribution in [1.82, 2.24) is 10.2 Å². The van der Waals surface area contributed by atoms with Gasteiger partial charge in [-0.25, -0.2) is 0 Å². The van der Waals surface area contributed by atoms with Gasteiger partial charge >= 0.3 is 0 Å². The molecule has 1 atom stereocenters. The highest BCUT2D eigenvalue weighted by atomic mass is 16.5. The first-order valence-corrected chi connectivity index (χ1v) is 6.52. The average Bonchev–Trinajstić information content (AvgIpc) is 2.48. The Kier molecular flexibility index (Phi) is 4.95. The number of carbonyl (C=O) groups excluding carboxylic acids is 1. The van der Waals surface area contributed by atoms with Gasteiger partial charge in [0.1, 0.15) is 0 Å². The van der Waals surface area contributed by atoms with Gasteiger partial charge in [0.2, 0.25) is 5.91 Å². The average molecular weight is 242 g/mol. The maximum absolute atomic E-state index is 11.9. The molecule has 4 heteroatoms. The van der Waals surface area contributed by atoms with Crippen LogP contribution in [0.25, 0.3) is 0 Å². The van der Waals surface area contributed by atoms with Crippen LogP contribution in [-0.4, -0.2) is 42.3 Å². The van der Waals surface area contributed by atoms with Gasteiger partial charge in [-0.15, -0.1) is 0 Å². The predicted octanol–water partition coefficient (Wildman–Crippen LogP) is 1.61. The molecule has 0 spiro atoms. The van der Waals surface area contributed by atoms with Crippen molar-refractivity contribution >= 4 is 5.91 Å². The van der Waals surface area contributed by atoms with Crippen molar-refractivity contribution in [2.45, 2.75) is 52.8 Å². The van der Waals surface area contributed by atoms with Crippen LogP contribution in [0.15, 0.2) is 0 Å². The van der Waals surface area contributed by atoms with Crippen LogP contribution in [0.3, 0.4) is 0 Å². The van der Waals surface area contributed by atoms with Gasteiger partial charge in [-0.3, -0.25) is 10.1 Å². The van der Waals surface area contributed by atoms with Gasteiger partial charge in [0.25, 0.3) is 0 Å². The summed E-state index contributed by atoms with van der Waals surface area (Å²) in [6.45, 7) is 12.2.